The summed E-state index contributed by atoms with van der Waals surface area (Å²) >= 11 is 0. The number of benzene rings is 1. The van der Waals surface area contributed by atoms with Crippen molar-refractivity contribution in [3.05, 3.63) is 45.8 Å². The van der Waals surface area contributed by atoms with Gasteiger partial charge in [0.2, 0.25) is 0 Å². The zero-order chi connectivity index (χ0) is 21.1. The molecule has 0 amide bonds. The third-order valence-electron chi connectivity index (χ3n) is 5.23. The standard InChI is InChI=1S/C20H24N2O7/c23-6-11-3-4-12(14(8-25)13(11)7-24)16-15(5-21-9-26)22-18(20(28)29)17(16)19(27)10-1-2-10/h3-5,10,19,22-27H,1-2,6-9H2,(H,28,29). The third kappa shape index (κ3) is 3.96. The Labute approximate surface area is 166 Å². The molecule has 156 valence electrons. The second-order valence-electron chi connectivity index (χ2n) is 6.95. The Morgan fingerprint density at radius 2 is 1.83 bits per heavy atom. The maximum Gasteiger partial charge on any atom is 0.352 e. The molecule has 1 heterocycles. The van der Waals surface area contributed by atoms with E-state index in [0.29, 0.717) is 27.8 Å². The van der Waals surface area contributed by atoms with E-state index in [1.165, 1.54) is 6.21 Å². The molecule has 2 aromatic rings. The lowest BCUT2D eigenvalue weighted by molar-refractivity contribution is 0.0681. The molecule has 9 nitrogen and oxygen atoms in total. The van der Waals surface area contributed by atoms with Crippen LogP contribution in [0.25, 0.3) is 11.1 Å². The van der Waals surface area contributed by atoms with E-state index in [0.717, 1.165) is 12.8 Å². The summed E-state index contributed by atoms with van der Waals surface area (Å²) in [7, 11) is 0. The highest BCUT2D eigenvalue weighted by Gasteiger charge is 2.37. The van der Waals surface area contributed by atoms with E-state index < -0.39 is 32.0 Å². The quantitative estimate of drug-likeness (QED) is 0.302. The number of rotatable bonds is 9. The average molecular weight is 404 g/mol. The number of carboxylic acid groups (broad SMARTS) is 1. The Bertz CT molecular complexity index is 931. The first-order valence-corrected chi connectivity index (χ1v) is 9.22. The van der Waals surface area contributed by atoms with Crippen LogP contribution < -0.4 is 0 Å². The molecule has 0 saturated heterocycles. The van der Waals surface area contributed by atoms with Crippen molar-refractivity contribution in [1.29, 1.82) is 0 Å². The van der Waals surface area contributed by atoms with Crippen molar-refractivity contribution in [3.8, 4) is 11.1 Å². The molecule has 1 fully saturated rings. The van der Waals surface area contributed by atoms with Crippen molar-refractivity contribution < 1.29 is 35.4 Å². The van der Waals surface area contributed by atoms with E-state index in [4.69, 9.17) is 5.11 Å². The maximum absolute atomic E-state index is 11.9. The number of nitrogens with zero attached hydrogens (tertiary/aromatic N) is 1. The van der Waals surface area contributed by atoms with Crippen molar-refractivity contribution in [2.45, 2.75) is 38.8 Å². The minimum atomic E-state index is -1.26. The Hall–Kier alpha value is -2.56. The smallest absolute Gasteiger partial charge is 0.352 e. The fourth-order valence-electron chi connectivity index (χ4n) is 3.67. The number of aliphatic hydroxyl groups is 5. The number of aliphatic imine (C=N–C) groups is 1. The van der Waals surface area contributed by atoms with E-state index in [9.17, 15) is 30.3 Å². The summed E-state index contributed by atoms with van der Waals surface area (Å²) in [6, 6.07) is 3.18. The Morgan fingerprint density at radius 1 is 1.14 bits per heavy atom. The second kappa shape index (κ2) is 8.85. The molecule has 3 rings (SSSR count). The summed E-state index contributed by atoms with van der Waals surface area (Å²) in [5.74, 6) is -1.33. The number of hydrogen-bond donors (Lipinski definition) is 7. The molecule has 0 radical (unpaired) electrons. The number of carbonyl (C=O) groups is 1. The maximum atomic E-state index is 11.9. The number of hydrogen-bond acceptors (Lipinski definition) is 7. The second-order valence-corrected chi connectivity index (χ2v) is 6.95. The summed E-state index contributed by atoms with van der Waals surface area (Å²) in [4.78, 5) is 18.4. The van der Waals surface area contributed by atoms with Gasteiger partial charge in [0.1, 0.15) is 12.4 Å². The Morgan fingerprint density at radius 3 is 2.34 bits per heavy atom. The normalized spacial score (nSPS) is 15.2. The first-order valence-electron chi connectivity index (χ1n) is 9.22. The van der Waals surface area contributed by atoms with Crippen LogP contribution in [-0.2, 0) is 19.8 Å². The number of nitrogens with one attached hydrogen (secondary N) is 1. The lowest BCUT2D eigenvalue weighted by atomic mass is 9.88. The fourth-order valence-corrected chi connectivity index (χ4v) is 3.67. The predicted octanol–water partition coefficient (Wildman–Crippen LogP) is 0.669. The number of carboxylic acids is 1. The monoisotopic (exact) mass is 404 g/mol. The molecule has 1 aromatic heterocycles. The van der Waals surface area contributed by atoms with Crippen LogP contribution in [0.2, 0.25) is 0 Å². The molecule has 1 aliphatic carbocycles. The van der Waals surface area contributed by atoms with Crippen LogP contribution in [0.1, 0.15) is 57.4 Å². The lowest BCUT2D eigenvalue weighted by Gasteiger charge is -2.18. The minimum absolute atomic E-state index is 0.0723. The molecule has 29 heavy (non-hydrogen) atoms. The molecule has 0 aliphatic heterocycles. The Kier molecular flexibility index (Phi) is 6.46. The first-order chi connectivity index (χ1) is 14.0. The van der Waals surface area contributed by atoms with E-state index in [1.54, 1.807) is 12.1 Å². The zero-order valence-electron chi connectivity index (χ0n) is 15.7. The van der Waals surface area contributed by atoms with E-state index in [1.807, 2.05) is 0 Å². The van der Waals surface area contributed by atoms with Gasteiger partial charge in [-0.1, -0.05) is 12.1 Å². The molecule has 1 unspecified atom stereocenters. The van der Waals surface area contributed by atoms with E-state index >= 15 is 0 Å². The molecule has 1 aromatic carbocycles. The van der Waals surface area contributed by atoms with Gasteiger partial charge < -0.3 is 35.6 Å². The number of aromatic carboxylic acids is 1. The number of aromatic nitrogens is 1. The van der Waals surface area contributed by atoms with Crippen LogP contribution >= 0.6 is 0 Å². The Balaban J connectivity index is 2.35. The molecular formula is C20H24N2O7. The third-order valence-corrected chi connectivity index (χ3v) is 5.23. The molecule has 7 N–H and O–H groups in total. The van der Waals surface area contributed by atoms with Gasteiger partial charge in [-0.2, -0.15) is 0 Å². The molecular weight excluding hydrogens is 380 g/mol. The van der Waals surface area contributed by atoms with Crippen molar-refractivity contribution in [1.82, 2.24) is 4.98 Å². The van der Waals surface area contributed by atoms with Gasteiger partial charge in [0.05, 0.1) is 31.6 Å². The van der Waals surface area contributed by atoms with Gasteiger partial charge in [0.25, 0.3) is 0 Å². The van der Waals surface area contributed by atoms with Gasteiger partial charge in [-0.05, 0) is 41.0 Å². The summed E-state index contributed by atoms with van der Waals surface area (Å²) in [5.41, 5.74) is 2.06. The molecule has 1 aliphatic rings. The first kappa shape index (κ1) is 21.2. The van der Waals surface area contributed by atoms with Crippen LogP contribution in [0.3, 0.4) is 0 Å². The van der Waals surface area contributed by atoms with Crippen molar-refractivity contribution >= 4 is 12.2 Å². The van der Waals surface area contributed by atoms with Crippen LogP contribution in [0.15, 0.2) is 17.1 Å². The highest BCUT2D eigenvalue weighted by Crippen LogP contribution is 2.46. The molecule has 1 saturated carbocycles. The SMILES string of the molecule is O=C(O)c1[nH]c(C=NCO)c(-c2ccc(CO)c(CO)c2CO)c1C(O)C1CC1. The summed E-state index contributed by atoms with van der Waals surface area (Å²) in [6.07, 6.45) is 1.77. The van der Waals surface area contributed by atoms with Crippen LogP contribution in [0.5, 0.6) is 0 Å². The molecule has 1 atom stereocenters. The van der Waals surface area contributed by atoms with E-state index in [2.05, 4.69) is 9.98 Å². The highest BCUT2D eigenvalue weighted by atomic mass is 16.4. The fraction of sp³-hybridized carbons (Fsp3) is 0.400. The average Bonchev–Trinajstić information content (AvgIpc) is 3.50. The number of aromatic amines is 1. The molecule has 0 spiro atoms. The molecule has 0 bridgehead atoms. The van der Waals surface area contributed by atoms with Gasteiger partial charge in [-0.3, -0.25) is 4.99 Å². The van der Waals surface area contributed by atoms with Crippen LogP contribution in [-0.4, -0.2) is 54.5 Å². The van der Waals surface area contributed by atoms with Crippen molar-refractivity contribution in [2.75, 3.05) is 6.73 Å². The summed E-state index contributed by atoms with van der Waals surface area (Å²) in [6.45, 7) is -1.76. The predicted molar refractivity (Wildman–Crippen MR) is 103 cm³/mol. The van der Waals surface area contributed by atoms with Gasteiger partial charge in [0.15, 0.2) is 0 Å². The van der Waals surface area contributed by atoms with Gasteiger partial charge >= 0.3 is 5.97 Å². The van der Waals surface area contributed by atoms with Gasteiger partial charge in [0, 0.05) is 17.3 Å². The number of aliphatic hydroxyl groups excluding tert-OH is 5. The topological polar surface area (TPSA) is 167 Å². The summed E-state index contributed by atoms with van der Waals surface area (Å²) < 4.78 is 0. The van der Waals surface area contributed by atoms with E-state index in [-0.39, 0.29) is 29.5 Å². The molecule has 9 heteroatoms. The van der Waals surface area contributed by atoms with Crippen LogP contribution in [0.4, 0.5) is 0 Å². The van der Waals surface area contributed by atoms with Gasteiger partial charge in [-0.25, -0.2) is 4.79 Å². The minimum Gasteiger partial charge on any atom is -0.477 e. The van der Waals surface area contributed by atoms with Crippen LogP contribution in [0, 0.1) is 5.92 Å². The lowest BCUT2D eigenvalue weighted by Crippen LogP contribution is -2.09. The largest absolute Gasteiger partial charge is 0.477 e. The summed E-state index contributed by atoms with van der Waals surface area (Å²) in [5, 5.41) is 58.9. The number of H-pyrrole nitrogens is 1. The highest BCUT2D eigenvalue weighted by molar-refractivity contribution is 5.99. The van der Waals surface area contributed by atoms with Gasteiger partial charge in [-0.15, -0.1) is 0 Å². The van der Waals surface area contributed by atoms with Crippen molar-refractivity contribution in [2.24, 2.45) is 10.9 Å². The van der Waals surface area contributed by atoms with Crippen molar-refractivity contribution in [3.63, 3.8) is 0 Å². The zero-order valence-corrected chi connectivity index (χ0v) is 15.7.